The lowest BCUT2D eigenvalue weighted by Crippen LogP contribution is -1.99. The fraction of sp³-hybridized carbons (Fsp3) is 0.143. The zero-order chi connectivity index (χ0) is 13.2. The second-order valence-electron chi connectivity index (χ2n) is 4.41. The van der Waals surface area contributed by atoms with Crippen molar-refractivity contribution in [3.63, 3.8) is 0 Å². The van der Waals surface area contributed by atoms with Crippen LogP contribution in [0, 0.1) is 0 Å². The van der Waals surface area contributed by atoms with Gasteiger partial charge in [0.05, 0.1) is 17.4 Å². The number of fused-ring (bicyclic) bond motifs is 1. The van der Waals surface area contributed by atoms with E-state index in [-0.39, 0.29) is 0 Å². The van der Waals surface area contributed by atoms with Gasteiger partial charge in [-0.05, 0) is 28.1 Å². The van der Waals surface area contributed by atoms with E-state index in [0.717, 1.165) is 33.2 Å². The molecule has 0 unspecified atom stereocenters. The van der Waals surface area contributed by atoms with Gasteiger partial charge in [-0.15, -0.1) is 0 Å². The quantitative estimate of drug-likeness (QED) is 0.805. The number of pyridine rings is 1. The van der Waals surface area contributed by atoms with Crippen LogP contribution >= 0.6 is 15.9 Å². The molecule has 0 amide bonds. The third-order valence-corrected chi connectivity index (χ3v) is 3.35. The minimum Gasteiger partial charge on any atom is -0.379 e. The summed E-state index contributed by atoms with van der Waals surface area (Å²) in [7, 11) is 1.92. The highest BCUT2D eigenvalue weighted by atomic mass is 79.9. The fourth-order valence-corrected chi connectivity index (χ4v) is 2.39. The predicted octanol–water partition coefficient (Wildman–Crippen LogP) is 3.34. The van der Waals surface area contributed by atoms with Crippen molar-refractivity contribution >= 4 is 32.5 Å². The van der Waals surface area contributed by atoms with Gasteiger partial charge >= 0.3 is 0 Å². The molecule has 0 radical (unpaired) electrons. The van der Waals surface area contributed by atoms with Crippen molar-refractivity contribution in [2.75, 3.05) is 5.32 Å². The van der Waals surface area contributed by atoms with E-state index >= 15 is 0 Å². The van der Waals surface area contributed by atoms with E-state index < -0.39 is 0 Å². The molecule has 2 aromatic heterocycles. The summed E-state index contributed by atoms with van der Waals surface area (Å²) in [5.74, 6) is 0. The van der Waals surface area contributed by atoms with Gasteiger partial charge in [-0.2, -0.15) is 5.10 Å². The van der Waals surface area contributed by atoms with E-state index in [4.69, 9.17) is 0 Å². The topological polar surface area (TPSA) is 42.7 Å². The predicted molar refractivity (Wildman–Crippen MR) is 80.0 cm³/mol. The number of aryl methyl sites for hydroxylation is 1. The summed E-state index contributed by atoms with van der Waals surface area (Å²) in [4.78, 5) is 4.47. The molecule has 3 aromatic rings. The van der Waals surface area contributed by atoms with Gasteiger partial charge in [-0.25, -0.2) is 0 Å². The maximum atomic E-state index is 4.47. The van der Waals surface area contributed by atoms with Crippen LogP contribution in [0.3, 0.4) is 0 Å². The Bertz CT molecular complexity index is 720. The number of hydrogen-bond donors (Lipinski definition) is 1. The van der Waals surface area contributed by atoms with Gasteiger partial charge in [-0.1, -0.05) is 12.1 Å². The van der Waals surface area contributed by atoms with Crippen LogP contribution in [-0.2, 0) is 13.6 Å². The molecule has 1 aromatic carbocycles. The number of anilines is 1. The highest BCUT2D eigenvalue weighted by Crippen LogP contribution is 2.24. The summed E-state index contributed by atoms with van der Waals surface area (Å²) in [6.07, 6.45) is 5.68. The van der Waals surface area contributed by atoms with Gasteiger partial charge in [-0.3, -0.25) is 9.67 Å². The van der Waals surface area contributed by atoms with Crippen LogP contribution in [0.5, 0.6) is 0 Å². The van der Waals surface area contributed by atoms with Crippen molar-refractivity contribution in [1.82, 2.24) is 14.8 Å². The Morgan fingerprint density at radius 1 is 1.32 bits per heavy atom. The van der Waals surface area contributed by atoms with E-state index in [2.05, 4.69) is 43.5 Å². The van der Waals surface area contributed by atoms with Gasteiger partial charge in [0.2, 0.25) is 0 Å². The smallest absolute Gasteiger partial charge is 0.0934 e. The molecule has 5 heteroatoms. The molecule has 0 fully saturated rings. The number of para-hydroxylation sites is 1. The van der Waals surface area contributed by atoms with E-state index in [9.17, 15) is 0 Å². The summed E-state index contributed by atoms with van der Waals surface area (Å²) in [5, 5.41) is 8.68. The molecule has 0 atom stereocenters. The third kappa shape index (κ3) is 2.61. The van der Waals surface area contributed by atoms with Crippen molar-refractivity contribution in [3.05, 3.63) is 52.9 Å². The third-order valence-electron chi connectivity index (χ3n) is 2.92. The molecule has 3 rings (SSSR count). The lowest BCUT2D eigenvalue weighted by atomic mass is 10.2. The van der Waals surface area contributed by atoms with E-state index in [1.54, 1.807) is 4.68 Å². The number of aromatic nitrogens is 3. The zero-order valence-corrected chi connectivity index (χ0v) is 12.1. The number of hydrogen-bond acceptors (Lipinski definition) is 3. The van der Waals surface area contributed by atoms with Crippen molar-refractivity contribution in [2.24, 2.45) is 7.05 Å². The largest absolute Gasteiger partial charge is 0.379 e. The molecule has 0 aliphatic heterocycles. The number of benzene rings is 1. The lowest BCUT2D eigenvalue weighted by Gasteiger charge is -2.08. The van der Waals surface area contributed by atoms with Gasteiger partial charge in [0.1, 0.15) is 0 Å². The van der Waals surface area contributed by atoms with Crippen LogP contribution in [0.25, 0.3) is 10.9 Å². The summed E-state index contributed by atoms with van der Waals surface area (Å²) >= 11 is 3.44. The van der Waals surface area contributed by atoms with Crippen molar-refractivity contribution in [3.8, 4) is 0 Å². The summed E-state index contributed by atoms with van der Waals surface area (Å²) in [5.41, 5.74) is 3.17. The second kappa shape index (κ2) is 5.01. The number of nitrogens with zero attached hydrogens (tertiary/aromatic N) is 3. The molecule has 4 nitrogen and oxygen atoms in total. The van der Waals surface area contributed by atoms with Crippen molar-refractivity contribution in [2.45, 2.75) is 6.54 Å². The minimum atomic E-state index is 0.741. The van der Waals surface area contributed by atoms with E-state index in [1.165, 1.54) is 0 Å². The van der Waals surface area contributed by atoms with Gasteiger partial charge < -0.3 is 5.32 Å². The first-order chi connectivity index (χ1) is 9.22. The minimum absolute atomic E-state index is 0.741. The molecular weight excluding hydrogens is 304 g/mol. The normalized spacial score (nSPS) is 10.8. The standard InChI is InChI=1S/C14H13BrN4/c1-19-9-10(7-18-19)6-16-13-4-2-3-11-5-12(15)8-17-14(11)13/h2-5,7-9,16H,6H2,1H3. The first kappa shape index (κ1) is 12.2. The molecule has 96 valence electrons. The fourth-order valence-electron chi connectivity index (χ4n) is 2.04. The maximum Gasteiger partial charge on any atom is 0.0934 e. The molecule has 0 aliphatic carbocycles. The molecule has 2 heterocycles. The van der Waals surface area contributed by atoms with E-state index in [1.807, 2.05) is 37.8 Å². The van der Waals surface area contributed by atoms with Crippen molar-refractivity contribution < 1.29 is 0 Å². The first-order valence-electron chi connectivity index (χ1n) is 5.98. The van der Waals surface area contributed by atoms with Gasteiger partial charge in [0.15, 0.2) is 0 Å². The van der Waals surface area contributed by atoms with Crippen LogP contribution in [0.2, 0.25) is 0 Å². The summed E-state index contributed by atoms with van der Waals surface area (Å²) in [6, 6.07) is 8.20. The van der Waals surface area contributed by atoms with Crippen molar-refractivity contribution in [1.29, 1.82) is 0 Å². The Kier molecular flexibility index (Phi) is 3.21. The molecule has 1 N–H and O–H groups in total. The molecule has 0 spiro atoms. The number of nitrogens with one attached hydrogen (secondary N) is 1. The van der Waals surface area contributed by atoms with Crippen LogP contribution < -0.4 is 5.32 Å². The summed E-state index contributed by atoms with van der Waals surface area (Å²) < 4.78 is 2.79. The molecule has 0 bridgehead atoms. The Morgan fingerprint density at radius 3 is 3.00 bits per heavy atom. The van der Waals surface area contributed by atoms with Gasteiger partial charge in [0.25, 0.3) is 0 Å². The molecular formula is C14H13BrN4. The monoisotopic (exact) mass is 316 g/mol. The Labute approximate surface area is 119 Å². The highest BCUT2D eigenvalue weighted by Gasteiger charge is 2.03. The average Bonchev–Trinajstić information content (AvgIpc) is 2.81. The molecule has 19 heavy (non-hydrogen) atoms. The molecule has 0 aliphatic rings. The molecule has 0 saturated heterocycles. The number of halogens is 1. The van der Waals surface area contributed by atoms with Crippen LogP contribution in [0.15, 0.2) is 47.3 Å². The van der Waals surface area contributed by atoms with Gasteiger partial charge in [0, 0.05) is 41.4 Å². The number of rotatable bonds is 3. The Balaban J connectivity index is 1.88. The Hall–Kier alpha value is -1.88. The average molecular weight is 317 g/mol. The highest BCUT2D eigenvalue weighted by molar-refractivity contribution is 9.10. The first-order valence-corrected chi connectivity index (χ1v) is 6.77. The van der Waals surface area contributed by atoms with Crippen LogP contribution in [0.1, 0.15) is 5.56 Å². The Morgan fingerprint density at radius 2 is 2.21 bits per heavy atom. The molecule has 0 saturated carbocycles. The van der Waals surface area contributed by atoms with E-state index in [0.29, 0.717) is 0 Å². The van der Waals surface area contributed by atoms with Crippen LogP contribution in [-0.4, -0.2) is 14.8 Å². The zero-order valence-electron chi connectivity index (χ0n) is 10.5. The SMILES string of the molecule is Cn1cc(CNc2cccc3cc(Br)cnc23)cn1. The van der Waals surface area contributed by atoms with Crippen LogP contribution in [0.4, 0.5) is 5.69 Å². The maximum absolute atomic E-state index is 4.47. The summed E-state index contributed by atoms with van der Waals surface area (Å²) in [6.45, 7) is 0.741. The second-order valence-corrected chi connectivity index (χ2v) is 5.32. The lowest BCUT2D eigenvalue weighted by molar-refractivity contribution is 0.767.